The molecule has 0 heterocycles. The number of hydrogen-bond donors (Lipinski definition) is 3. The molecule has 0 aromatic heterocycles. The first kappa shape index (κ1) is 18.4. The molecule has 3 amide bonds. The van der Waals surface area contributed by atoms with E-state index < -0.39 is 5.97 Å². The Morgan fingerprint density at radius 3 is 2.41 bits per heavy atom. The Bertz CT molecular complexity index is 860. The fraction of sp³-hybridized carbons (Fsp3) is 0.250. The third-order valence-corrected chi connectivity index (χ3v) is 4.25. The minimum atomic E-state index is -0.985. The lowest BCUT2D eigenvalue weighted by Gasteiger charge is -2.18. The van der Waals surface area contributed by atoms with Crippen LogP contribution in [0.15, 0.2) is 48.5 Å². The second-order valence-corrected chi connectivity index (χ2v) is 6.62. The molecule has 1 saturated carbocycles. The van der Waals surface area contributed by atoms with Gasteiger partial charge in [-0.3, -0.25) is 4.79 Å². The number of carboxylic acid groups (broad SMARTS) is 1. The molecule has 3 rings (SSSR count). The Morgan fingerprint density at radius 1 is 1.07 bits per heavy atom. The maximum Gasteiger partial charge on any atom is 0.335 e. The predicted molar refractivity (Wildman–Crippen MR) is 101 cm³/mol. The second kappa shape index (κ2) is 7.90. The van der Waals surface area contributed by atoms with Gasteiger partial charge in [0.15, 0.2) is 0 Å². The monoisotopic (exact) mass is 367 g/mol. The highest BCUT2D eigenvalue weighted by atomic mass is 16.4. The molecule has 140 valence electrons. The molecular formula is C20H21N3O4. The van der Waals surface area contributed by atoms with Gasteiger partial charge in [-0.1, -0.05) is 18.2 Å². The zero-order valence-corrected chi connectivity index (χ0v) is 14.9. The summed E-state index contributed by atoms with van der Waals surface area (Å²) in [6.45, 7) is 0.346. The minimum absolute atomic E-state index is 0.191. The molecule has 0 bridgehead atoms. The molecule has 2 aromatic carbocycles. The van der Waals surface area contributed by atoms with Crippen LogP contribution in [0.1, 0.15) is 39.1 Å². The molecule has 1 fully saturated rings. The van der Waals surface area contributed by atoms with Gasteiger partial charge in [0.25, 0.3) is 5.91 Å². The van der Waals surface area contributed by atoms with Gasteiger partial charge in [-0.05, 0) is 48.7 Å². The SMILES string of the molecule is CN(Cc1ccc(C(=O)O)cc1)C(=O)c1cccc(NC(=O)NC2CC2)c1. The molecule has 1 aliphatic carbocycles. The van der Waals surface area contributed by atoms with Crippen LogP contribution in [0.25, 0.3) is 0 Å². The normalized spacial score (nSPS) is 12.9. The average molecular weight is 367 g/mol. The van der Waals surface area contributed by atoms with Crippen LogP contribution in [0.4, 0.5) is 10.5 Å². The Labute approximate surface area is 157 Å². The number of carbonyl (C=O) groups excluding carboxylic acids is 2. The van der Waals surface area contributed by atoms with E-state index in [1.807, 2.05) is 0 Å². The predicted octanol–water partition coefficient (Wildman–Crippen LogP) is 2.94. The van der Waals surface area contributed by atoms with E-state index in [1.54, 1.807) is 48.3 Å². The summed E-state index contributed by atoms with van der Waals surface area (Å²) in [7, 11) is 1.67. The van der Waals surface area contributed by atoms with Gasteiger partial charge < -0.3 is 20.6 Å². The smallest absolute Gasteiger partial charge is 0.335 e. The molecule has 0 saturated heterocycles. The van der Waals surface area contributed by atoms with Gasteiger partial charge in [0.1, 0.15) is 0 Å². The highest BCUT2D eigenvalue weighted by Crippen LogP contribution is 2.19. The Hall–Kier alpha value is -3.35. The quantitative estimate of drug-likeness (QED) is 0.731. The van der Waals surface area contributed by atoms with Crippen LogP contribution < -0.4 is 10.6 Å². The first-order chi connectivity index (χ1) is 12.9. The number of urea groups is 1. The number of amides is 3. The fourth-order valence-corrected chi connectivity index (χ4v) is 2.63. The molecular weight excluding hydrogens is 346 g/mol. The largest absolute Gasteiger partial charge is 0.478 e. The van der Waals surface area contributed by atoms with Gasteiger partial charge in [0, 0.05) is 30.9 Å². The molecule has 3 N–H and O–H groups in total. The molecule has 0 aliphatic heterocycles. The van der Waals surface area contributed by atoms with Crippen molar-refractivity contribution < 1.29 is 19.5 Å². The van der Waals surface area contributed by atoms with Crippen LogP contribution >= 0.6 is 0 Å². The Morgan fingerprint density at radius 2 is 1.78 bits per heavy atom. The highest BCUT2D eigenvalue weighted by molar-refractivity contribution is 5.96. The van der Waals surface area contributed by atoms with Gasteiger partial charge in [-0.25, -0.2) is 9.59 Å². The first-order valence-corrected chi connectivity index (χ1v) is 8.67. The lowest BCUT2D eigenvalue weighted by atomic mass is 10.1. The van der Waals surface area contributed by atoms with Crippen LogP contribution in [-0.2, 0) is 6.54 Å². The van der Waals surface area contributed by atoms with Crippen molar-refractivity contribution in [1.82, 2.24) is 10.2 Å². The summed E-state index contributed by atoms with van der Waals surface area (Å²) in [5.74, 6) is -1.18. The van der Waals surface area contributed by atoms with E-state index in [0.29, 0.717) is 17.8 Å². The maximum atomic E-state index is 12.7. The van der Waals surface area contributed by atoms with E-state index in [1.165, 1.54) is 12.1 Å². The van der Waals surface area contributed by atoms with Gasteiger partial charge in [-0.15, -0.1) is 0 Å². The van der Waals surface area contributed by atoms with E-state index in [2.05, 4.69) is 10.6 Å². The van der Waals surface area contributed by atoms with Gasteiger partial charge in [-0.2, -0.15) is 0 Å². The van der Waals surface area contributed by atoms with Crippen molar-refractivity contribution in [3.8, 4) is 0 Å². The number of aromatic carboxylic acids is 1. The molecule has 2 aromatic rings. The standard InChI is InChI=1S/C20H21N3O4/c1-23(12-13-5-7-14(8-6-13)19(25)26)18(24)15-3-2-4-17(11-15)22-20(27)21-16-9-10-16/h2-8,11,16H,9-10,12H2,1H3,(H,25,26)(H2,21,22,27). The van der Waals surface area contributed by atoms with Gasteiger partial charge >= 0.3 is 12.0 Å². The molecule has 7 nitrogen and oxygen atoms in total. The van der Waals surface area contributed by atoms with E-state index in [-0.39, 0.29) is 23.5 Å². The molecule has 0 radical (unpaired) electrons. The summed E-state index contributed by atoms with van der Waals surface area (Å²) in [4.78, 5) is 36.9. The van der Waals surface area contributed by atoms with Crippen molar-refractivity contribution in [3.05, 3.63) is 65.2 Å². The number of nitrogens with zero attached hydrogens (tertiary/aromatic N) is 1. The Kier molecular flexibility index (Phi) is 5.40. The average Bonchev–Trinajstić information content (AvgIpc) is 3.45. The number of benzene rings is 2. The summed E-state index contributed by atoms with van der Waals surface area (Å²) >= 11 is 0. The van der Waals surface area contributed by atoms with Crippen LogP contribution in [0.5, 0.6) is 0 Å². The van der Waals surface area contributed by atoms with E-state index >= 15 is 0 Å². The molecule has 0 atom stereocenters. The topological polar surface area (TPSA) is 98.7 Å². The molecule has 0 spiro atoms. The number of hydrogen-bond acceptors (Lipinski definition) is 3. The van der Waals surface area contributed by atoms with Crippen LogP contribution in [0.2, 0.25) is 0 Å². The summed E-state index contributed by atoms with van der Waals surface area (Å²) in [5, 5.41) is 14.5. The number of carbonyl (C=O) groups is 3. The van der Waals surface area contributed by atoms with Crippen LogP contribution in [0, 0.1) is 0 Å². The minimum Gasteiger partial charge on any atom is -0.478 e. The zero-order valence-electron chi connectivity index (χ0n) is 14.9. The van der Waals surface area contributed by atoms with Gasteiger partial charge in [0.2, 0.25) is 0 Å². The third-order valence-electron chi connectivity index (χ3n) is 4.25. The molecule has 1 aliphatic rings. The summed E-state index contributed by atoms with van der Waals surface area (Å²) in [6, 6.07) is 13.2. The lowest BCUT2D eigenvalue weighted by molar-refractivity contribution is 0.0695. The van der Waals surface area contributed by atoms with Crippen molar-refractivity contribution in [2.24, 2.45) is 0 Å². The van der Waals surface area contributed by atoms with E-state index in [9.17, 15) is 14.4 Å². The maximum absolute atomic E-state index is 12.7. The third kappa shape index (κ3) is 5.07. The van der Waals surface area contributed by atoms with E-state index in [0.717, 1.165) is 18.4 Å². The van der Waals surface area contributed by atoms with Crippen molar-refractivity contribution in [1.29, 1.82) is 0 Å². The number of rotatable bonds is 6. The van der Waals surface area contributed by atoms with Crippen molar-refractivity contribution >= 4 is 23.6 Å². The van der Waals surface area contributed by atoms with Gasteiger partial charge in [0.05, 0.1) is 5.56 Å². The summed E-state index contributed by atoms with van der Waals surface area (Å²) < 4.78 is 0. The van der Waals surface area contributed by atoms with Crippen molar-refractivity contribution in [3.63, 3.8) is 0 Å². The lowest BCUT2D eigenvalue weighted by Crippen LogP contribution is -2.30. The van der Waals surface area contributed by atoms with Crippen molar-refractivity contribution in [2.75, 3.05) is 12.4 Å². The number of nitrogens with one attached hydrogen (secondary N) is 2. The van der Waals surface area contributed by atoms with E-state index in [4.69, 9.17) is 5.11 Å². The number of carboxylic acids is 1. The van der Waals surface area contributed by atoms with Crippen molar-refractivity contribution in [2.45, 2.75) is 25.4 Å². The summed E-state index contributed by atoms with van der Waals surface area (Å²) in [5.41, 5.74) is 2.05. The molecule has 7 heteroatoms. The zero-order chi connectivity index (χ0) is 19.4. The highest BCUT2D eigenvalue weighted by Gasteiger charge is 2.23. The number of anilines is 1. The van der Waals surface area contributed by atoms with Crippen LogP contribution in [-0.4, -0.2) is 41.0 Å². The Balaban J connectivity index is 1.62. The summed E-state index contributed by atoms with van der Waals surface area (Å²) in [6.07, 6.45) is 2.01. The first-order valence-electron chi connectivity index (χ1n) is 8.67. The molecule has 0 unspecified atom stereocenters. The second-order valence-electron chi connectivity index (χ2n) is 6.62. The fourth-order valence-electron chi connectivity index (χ4n) is 2.63. The molecule has 27 heavy (non-hydrogen) atoms. The van der Waals surface area contributed by atoms with Crippen LogP contribution in [0.3, 0.4) is 0 Å².